The summed E-state index contributed by atoms with van der Waals surface area (Å²) in [6, 6.07) is 8.60. The summed E-state index contributed by atoms with van der Waals surface area (Å²) in [6.45, 7) is 3.26. The molecule has 0 spiro atoms. The Labute approximate surface area is 218 Å². The van der Waals surface area contributed by atoms with Crippen molar-refractivity contribution in [2.75, 3.05) is 0 Å². The first kappa shape index (κ1) is 24.5. The molecule has 0 saturated heterocycles. The Bertz CT molecular complexity index is 2060. The molecule has 2 aromatic heterocycles. The van der Waals surface area contributed by atoms with Crippen molar-refractivity contribution in [1.29, 1.82) is 0 Å². The van der Waals surface area contributed by atoms with Crippen LogP contribution in [0.2, 0.25) is 0 Å². The number of fused-ring (bicyclic) bond motifs is 4. The molecule has 1 aliphatic rings. The molecule has 0 fully saturated rings. The molecule has 1 atom stereocenters. The van der Waals surface area contributed by atoms with Gasteiger partial charge in [0.2, 0.25) is 0 Å². The molecule has 39 heavy (non-hydrogen) atoms. The van der Waals surface area contributed by atoms with E-state index in [1.807, 2.05) is 0 Å². The van der Waals surface area contributed by atoms with E-state index in [9.17, 15) is 23.9 Å². The van der Waals surface area contributed by atoms with E-state index in [-0.39, 0.29) is 27.5 Å². The fourth-order valence-electron chi connectivity index (χ4n) is 5.29. The van der Waals surface area contributed by atoms with Crippen molar-refractivity contribution in [3.8, 4) is 0 Å². The summed E-state index contributed by atoms with van der Waals surface area (Å²) in [7, 11) is 0. The minimum absolute atomic E-state index is 0.0485. The van der Waals surface area contributed by atoms with Crippen LogP contribution >= 0.6 is 0 Å². The molecule has 5 N–H and O–H groups in total. The number of aromatic nitrogens is 3. The number of amides is 1. The van der Waals surface area contributed by atoms with Crippen LogP contribution in [0.4, 0.5) is 8.78 Å². The maximum atomic E-state index is 15.9. The number of halogens is 2. The lowest BCUT2D eigenvalue weighted by atomic mass is 9.92. The molecule has 0 saturated carbocycles. The van der Waals surface area contributed by atoms with E-state index in [0.29, 0.717) is 27.4 Å². The van der Waals surface area contributed by atoms with Gasteiger partial charge in [0.25, 0.3) is 11.5 Å². The number of benzene rings is 3. The van der Waals surface area contributed by atoms with E-state index in [4.69, 9.17) is 5.73 Å². The lowest BCUT2D eigenvalue weighted by molar-refractivity contribution is 0.0787. The Balaban J connectivity index is 1.64. The predicted molar refractivity (Wildman–Crippen MR) is 144 cm³/mol. The second-order valence-corrected chi connectivity index (χ2v) is 10.1. The van der Waals surface area contributed by atoms with Gasteiger partial charge in [0.05, 0.1) is 33.6 Å². The first-order chi connectivity index (χ1) is 18.5. The topological polar surface area (TPSA) is 134 Å². The standard InChI is InChI=1S/C29H22F2N4O4/c1-29(2,39)13-6-8-15-20(10-13)33-25-18(26(32)36)12-19(31)23(24(15)25)17-4-3-5-22(17)35-27(37)16-9-7-14(30)11-21(16)34-28(35)38/h3-12,22,33,39H,1-2H3,(H2,32,36)(H,34,38). The maximum absolute atomic E-state index is 15.9. The zero-order valence-electron chi connectivity index (χ0n) is 20.8. The van der Waals surface area contributed by atoms with Crippen LogP contribution in [0.15, 0.2) is 70.3 Å². The summed E-state index contributed by atoms with van der Waals surface area (Å²) >= 11 is 0. The Morgan fingerprint density at radius 2 is 1.74 bits per heavy atom. The number of nitrogens with two attached hydrogens (primary N) is 1. The van der Waals surface area contributed by atoms with Crippen molar-refractivity contribution in [2.24, 2.45) is 5.73 Å². The zero-order chi connectivity index (χ0) is 27.8. The fourth-order valence-corrected chi connectivity index (χ4v) is 5.29. The molecule has 8 nitrogen and oxygen atoms in total. The quantitative estimate of drug-likeness (QED) is 0.279. The highest BCUT2D eigenvalue weighted by atomic mass is 19.1. The van der Waals surface area contributed by atoms with Gasteiger partial charge in [-0.15, -0.1) is 0 Å². The van der Waals surface area contributed by atoms with Crippen LogP contribution in [-0.2, 0) is 5.60 Å². The number of allylic oxidation sites excluding steroid dienone is 4. The lowest BCUT2D eigenvalue weighted by Gasteiger charge is -2.19. The molecule has 0 aliphatic heterocycles. The third kappa shape index (κ3) is 3.71. The number of rotatable bonds is 4. The average Bonchev–Trinajstić information content (AvgIpc) is 3.47. The Kier molecular flexibility index (Phi) is 5.24. The molecule has 1 amide bonds. The van der Waals surface area contributed by atoms with Gasteiger partial charge in [0.15, 0.2) is 0 Å². The van der Waals surface area contributed by atoms with E-state index < -0.39 is 40.4 Å². The number of carbonyl (C=O) groups excluding carboxylic acids is 1. The van der Waals surface area contributed by atoms with E-state index >= 15 is 4.39 Å². The van der Waals surface area contributed by atoms with Crippen molar-refractivity contribution in [3.63, 3.8) is 0 Å². The number of primary amides is 1. The summed E-state index contributed by atoms with van der Waals surface area (Å²) in [5, 5.41) is 11.5. The smallest absolute Gasteiger partial charge is 0.329 e. The van der Waals surface area contributed by atoms with Crippen molar-refractivity contribution in [2.45, 2.75) is 25.5 Å². The van der Waals surface area contributed by atoms with Gasteiger partial charge >= 0.3 is 5.69 Å². The molecule has 6 rings (SSSR count). The van der Waals surface area contributed by atoms with Gasteiger partial charge < -0.3 is 20.8 Å². The van der Waals surface area contributed by atoms with Crippen LogP contribution in [0, 0.1) is 11.6 Å². The van der Waals surface area contributed by atoms with Gasteiger partial charge in [0, 0.05) is 21.9 Å². The number of nitrogens with zero attached hydrogens (tertiary/aromatic N) is 1. The molecule has 0 bridgehead atoms. The zero-order valence-corrected chi connectivity index (χ0v) is 20.8. The number of hydrogen-bond donors (Lipinski definition) is 4. The van der Waals surface area contributed by atoms with E-state index in [1.165, 1.54) is 6.07 Å². The number of carbonyl (C=O) groups is 1. The monoisotopic (exact) mass is 528 g/mol. The SMILES string of the molecule is CC(C)(O)c1ccc2c(c1)[nH]c1c(C(N)=O)cc(F)c(C3=CC=CC3n3c(=O)[nH]c4cc(F)ccc4c3=O)c12. The van der Waals surface area contributed by atoms with Crippen LogP contribution in [0.25, 0.3) is 38.3 Å². The minimum atomic E-state index is -1.16. The van der Waals surface area contributed by atoms with Crippen molar-refractivity contribution >= 4 is 44.2 Å². The first-order valence-electron chi connectivity index (χ1n) is 12.1. The molecule has 1 aliphatic carbocycles. The Hall–Kier alpha value is -4.83. The second kappa shape index (κ2) is 8.34. The molecule has 3 aromatic carbocycles. The highest BCUT2D eigenvalue weighted by molar-refractivity contribution is 6.18. The van der Waals surface area contributed by atoms with Crippen LogP contribution in [0.1, 0.15) is 41.4 Å². The van der Waals surface area contributed by atoms with Crippen LogP contribution in [0.5, 0.6) is 0 Å². The highest BCUT2D eigenvalue weighted by Gasteiger charge is 2.29. The Morgan fingerprint density at radius 3 is 2.46 bits per heavy atom. The summed E-state index contributed by atoms with van der Waals surface area (Å²) in [5.41, 5.74) is 4.73. The molecule has 196 valence electrons. The molecular formula is C29H22F2N4O4. The number of aliphatic hydroxyl groups is 1. The third-order valence-electron chi connectivity index (χ3n) is 7.15. The number of nitrogens with one attached hydrogen (secondary N) is 2. The summed E-state index contributed by atoms with van der Waals surface area (Å²) in [5.74, 6) is -2.22. The maximum Gasteiger partial charge on any atom is 0.329 e. The van der Waals surface area contributed by atoms with Crippen molar-refractivity contribution < 1.29 is 18.7 Å². The normalized spacial score (nSPS) is 15.5. The summed E-state index contributed by atoms with van der Waals surface area (Å²) in [4.78, 5) is 44.4. The largest absolute Gasteiger partial charge is 0.386 e. The predicted octanol–water partition coefficient (Wildman–Crippen LogP) is 4.12. The molecule has 2 heterocycles. The van der Waals surface area contributed by atoms with Crippen LogP contribution < -0.4 is 17.0 Å². The molecular weight excluding hydrogens is 506 g/mol. The van der Waals surface area contributed by atoms with Crippen LogP contribution in [0.3, 0.4) is 0 Å². The Morgan fingerprint density at radius 1 is 1.03 bits per heavy atom. The van der Waals surface area contributed by atoms with E-state index in [1.54, 1.807) is 50.3 Å². The van der Waals surface area contributed by atoms with E-state index in [2.05, 4.69) is 9.97 Å². The van der Waals surface area contributed by atoms with Gasteiger partial charge in [-0.05, 0) is 55.3 Å². The van der Waals surface area contributed by atoms with E-state index in [0.717, 1.165) is 22.8 Å². The molecule has 5 aromatic rings. The number of H-pyrrole nitrogens is 2. The van der Waals surface area contributed by atoms with Gasteiger partial charge in [-0.25, -0.2) is 18.1 Å². The van der Waals surface area contributed by atoms with Crippen molar-refractivity contribution in [3.05, 3.63) is 110 Å². The highest BCUT2D eigenvalue weighted by Crippen LogP contribution is 2.42. The summed E-state index contributed by atoms with van der Waals surface area (Å²) in [6.07, 6.45) is 4.78. The van der Waals surface area contributed by atoms with Gasteiger partial charge in [-0.3, -0.25) is 9.59 Å². The first-order valence-corrected chi connectivity index (χ1v) is 12.1. The molecule has 0 radical (unpaired) electrons. The molecule has 1 unspecified atom stereocenters. The molecule has 10 heteroatoms. The van der Waals surface area contributed by atoms with Gasteiger partial charge in [-0.1, -0.05) is 30.4 Å². The van der Waals surface area contributed by atoms with Gasteiger partial charge in [-0.2, -0.15) is 0 Å². The lowest BCUT2D eigenvalue weighted by Crippen LogP contribution is -2.37. The van der Waals surface area contributed by atoms with Gasteiger partial charge in [0.1, 0.15) is 11.6 Å². The number of aromatic amines is 2. The average molecular weight is 529 g/mol. The second-order valence-electron chi connectivity index (χ2n) is 10.1. The number of hydrogen-bond acceptors (Lipinski definition) is 4. The summed E-state index contributed by atoms with van der Waals surface area (Å²) < 4.78 is 30.6. The van der Waals surface area contributed by atoms with Crippen molar-refractivity contribution in [1.82, 2.24) is 14.5 Å². The third-order valence-corrected chi connectivity index (χ3v) is 7.15. The minimum Gasteiger partial charge on any atom is -0.386 e. The van der Waals surface area contributed by atoms with Crippen LogP contribution in [-0.4, -0.2) is 25.5 Å². The fraction of sp³-hybridized carbons (Fsp3) is 0.138.